The molecule has 1 atom stereocenters. The van der Waals surface area contributed by atoms with Gasteiger partial charge in [-0.2, -0.15) is 16.9 Å². The van der Waals surface area contributed by atoms with Gasteiger partial charge in [0.1, 0.15) is 0 Å². The van der Waals surface area contributed by atoms with Crippen LogP contribution in [0.15, 0.2) is 12.4 Å². The van der Waals surface area contributed by atoms with E-state index >= 15 is 0 Å². The topological polar surface area (TPSA) is 57.8 Å². The average molecular weight is 197 g/mol. The highest BCUT2D eigenvalue weighted by Crippen LogP contribution is 2.17. The molecule has 70 valence electrons. The fraction of sp³-hybridized carbons (Fsp3) is 0.500. The van der Waals surface area contributed by atoms with Crippen LogP contribution < -0.4 is 5.32 Å². The molecule has 1 fully saturated rings. The van der Waals surface area contributed by atoms with Crippen LogP contribution in [0.4, 0.5) is 0 Å². The number of rotatable bonds is 2. The van der Waals surface area contributed by atoms with Gasteiger partial charge in [-0.1, -0.05) is 0 Å². The molecule has 1 aliphatic rings. The number of carbonyl (C=O) groups excluding carboxylic acids is 1. The van der Waals surface area contributed by atoms with Gasteiger partial charge in [0.25, 0.3) is 5.91 Å². The first kappa shape index (κ1) is 8.62. The molecule has 0 bridgehead atoms. The van der Waals surface area contributed by atoms with Crippen molar-refractivity contribution >= 4 is 17.7 Å². The van der Waals surface area contributed by atoms with E-state index in [4.69, 9.17) is 0 Å². The molecule has 2 N–H and O–H groups in total. The zero-order valence-corrected chi connectivity index (χ0v) is 7.93. The molecule has 1 amide bonds. The van der Waals surface area contributed by atoms with Crippen LogP contribution in [-0.2, 0) is 0 Å². The minimum Gasteiger partial charge on any atom is -0.348 e. The van der Waals surface area contributed by atoms with E-state index in [9.17, 15) is 4.79 Å². The van der Waals surface area contributed by atoms with Crippen molar-refractivity contribution in [2.24, 2.45) is 0 Å². The minimum atomic E-state index is -0.0266. The highest BCUT2D eigenvalue weighted by molar-refractivity contribution is 7.99. The number of thioether (sulfide) groups is 1. The zero-order valence-electron chi connectivity index (χ0n) is 7.12. The highest BCUT2D eigenvalue weighted by atomic mass is 32.2. The van der Waals surface area contributed by atoms with Crippen LogP contribution in [0, 0.1) is 0 Å². The number of carbonyl (C=O) groups is 1. The molecule has 0 saturated carbocycles. The third-order valence-electron chi connectivity index (χ3n) is 2.03. The summed E-state index contributed by atoms with van der Waals surface area (Å²) in [6, 6.07) is 0.340. The van der Waals surface area contributed by atoms with Crippen molar-refractivity contribution in [3.05, 3.63) is 18.0 Å². The van der Waals surface area contributed by atoms with Crippen LogP contribution in [-0.4, -0.2) is 33.7 Å². The molecule has 0 aliphatic carbocycles. The van der Waals surface area contributed by atoms with Gasteiger partial charge >= 0.3 is 0 Å². The summed E-state index contributed by atoms with van der Waals surface area (Å²) in [5, 5.41) is 9.31. The second-order valence-corrected chi connectivity index (χ2v) is 4.17. The maximum Gasteiger partial charge on any atom is 0.254 e. The normalized spacial score (nSPS) is 21.7. The van der Waals surface area contributed by atoms with Gasteiger partial charge in [0.15, 0.2) is 0 Å². The van der Waals surface area contributed by atoms with Crippen molar-refractivity contribution in [2.75, 3.05) is 11.5 Å². The van der Waals surface area contributed by atoms with Crippen LogP contribution in [0.2, 0.25) is 0 Å². The van der Waals surface area contributed by atoms with Gasteiger partial charge in [0.2, 0.25) is 0 Å². The Morgan fingerprint density at radius 2 is 2.69 bits per heavy atom. The fourth-order valence-corrected chi connectivity index (χ4v) is 2.44. The molecule has 2 rings (SSSR count). The fourth-order valence-electron chi connectivity index (χ4n) is 1.29. The predicted molar refractivity (Wildman–Crippen MR) is 51.8 cm³/mol. The molecular weight excluding hydrogens is 186 g/mol. The monoisotopic (exact) mass is 197 g/mol. The van der Waals surface area contributed by atoms with E-state index in [0.717, 1.165) is 17.9 Å². The molecule has 0 aromatic carbocycles. The molecule has 2 heterocycles. The number of nitrogens with one attached hydrogen (secondary N) is 2. The molecule has 1 saturated heterocycles. The van der Waals surface area contributed by atoms with Gasteiger partial charge in [0.05, 0.1) is 11.8 Å². The Kier molecular flexibility index (Phi) is 2.54. The van der Waals surface area contributed by atoms with E-state index in [2.05, 4.69) is 15.5 Å². The summed E-state index contributed by atoms with van der Waals surface area (Å²) in [5.41, 5.74) is 0.608. The quantitative estimate of drug-likeness (QED) is 0.731. The molecule has 1 aromatic rings. The van der Waals surface area contributed by atoms with Gasteiger partial charge in [0, 0.05) is 18.0 Å². The number of hydrogen-bond donors (Lipinski definition) is 2. The summed E-state index contributed by atoms with van der Waals surface area (Å²) >= 11 is 1.88. The molecule has 1 aliphatic heterocycles. The van der Waals surface area contributed by atoms with Crippen molar-refractivity contribution in [1.82, 2.24) is 15.5 Å². The third-order valence-corrected chi connectivity index (χ3v) is 3.19. The van der Waals surface area contributed by atoms with Crippen LogP contribution in [0.25, 0.3) is 0 Å². The van der Waals surface area contributed by atoms with Crippen molar-refractivity contribution < 1.29 is 4.79 Å². The van der Waals surface area contributed by atoms with Gasteiger partial charge in [-0.25, -0.2) is 0 Å². The molecule has 5 heteroatoms. The second-order valence-electron chi connectivity index (χ2n) is 3.02. The lowest BCUT2D eigenvalue weighted by atomic mass is 10.2. The maximum absolute atomic E-state index is 11.5. The summed E-state index contributed by atoms with van der Waals surface area (Å²) < 4.78 is 0. The Hall–Kier alpha value is -0.970. The van der Waals surface area contributed by atoms with Crippen LogP contribution >= 0.6 is 11.8 Å². The van der Waals surface area contributed by atoms with E-state index in [1.54, 1.807) is 6.20 Å². The van der Waals surface area contributed by atoms with E-state index in [-0.39, 0.29) is 5.91 Å². The molecule has 1 aromatic heterocycles. The SMILES string of the molecule is O=C(NC1CCSC1)c1cn[nH]c1. The molecule has 0 spiro atoms. The first-order valence-corrected chi connectivity index (χ1v) is 5.39. The third kappa shape index (κ3) is 2.03. The molecule has 13 heavy (non-hydrogen) atoms. The summed E-state index contributed by atoms with van der Waals surface area (Å²) in [6.45, 7) is 0. The molecule has 0 radical (unpaired) electrons. The summed E-state index contributed by atoms with van der Waals surface area (Å²) in [4.78, 5) is 11.5. The Morgan fingerprint density at radius 3 is 3.31 bits per heavy atom. The molecule has 1 unspecified atom stereocenters. The maximum atomic E-state index is 11.5. The van der Waals surface area contributed by atoms with Crippen LogP contribution in [0.1, 0.15) is 16.8 Å². The van der Waals surface area contributed by atoms with E-state index in [1.165, 1.54) is 6.20 Å². The lowest BCUT2D eigenvalue weighted by Gasteiger charge is -2.09. The van der Waals surface area contributed by atoms with Gasteiger partial charge in [-0.3, -0.25) is 9.89 Å². The Balaban J connectivity index is 1.91. The second kappa shape index (κ2) is 3.83. The first-order valence-electron chi connectivity index (χ1n) is 4.23. The summed E-state index contributed by atoms with van der Waals surface area (Å²) in [7, 11) is 0. The Morgan fingerprint density at radius 1 is 1.77 bits per heavy atom. The van der Waals surface area contributed by atoms with Crippen molar-refractivity contribution in [2.45, 2.75) is 12.5 Å². The summed E-state index contributed by atoms with van der Waals surface area (Å²) in [6.07, 6.45) is 4.23. The van der Waals surface area contributed by atoms with Gasteiger partial charge in [-0.05, 0) is 12.2 Å². The number of aromatic amines is 1. The highest BCUT2D eigenvalue weighted by Gasteiger charge is 2.18. The Labute approximate surface area is 80.5 Å². The largest absolute Gasteiger partial charge is 0.348 e. The van der Waals surface area contributed by atoms with Gasteiger partial charge in [-0.15, -0.1) is 0 Å². The average Bonchev–Trinajstić information content (AvgIpc) is 2.74. The lowest BCUT2D eigenvalue weighted by Crippen LogP contribution is -2.34. The zero-order chi connectivity index (χ0) is 9.10. The minimum absolute atomic E-state index is 0.0266. The van der Waals surface area contributed by atoms with Crippen molar-refractivity contribution in [3.8, 4) is 0 Å². The number of aromatic nitrogens is 2. The lowest BCUT2D eigenvalue weighted by molar-refractivity contribution is 0.0941. The predicted octanol–water partition coefficient (Wildman–Crippen LogP) is 0.645. The number of hydrogen-bond acceptors (Lipinski definition) is 3. The number of amides is 1. The van der Waals surface area contributed by atoms with Crippen LogP contribution in [0.3, 0.4) is 0 Å². The molecule has 4 nitrogen and oxygen atoms in total. The van der Waals surface area contributed by atoms with E-state index in [0.29, 0.717) is 11.6 Å². The Bertz CT molecular complexity index is 280. The smallest absolute Gasteiger partial charge is 0.254 e. The standard InChI is InChI=1S/C8H11N3OS/c12-8(6-3-9-10-4-6)11-7-1-2-13-5-7/h3-4,7H,1-2,5H2,(H,9,10)(H,11,12). The van der Waals surface area contributed by atoms with Gasteiger partial charge < -0.3 is 5.32 Å². The van der Waals surface area contributed by atoms with Crippen molar-refractivity contribution in [1.29, 1.82) is 0 Å². The first-order chi connectivity index (χ1) is 6.36. The number of nitrogens with zero attached hydrogens (tertiary/aromatic N) is 1. The number of H-pyrrole nitrogens is 1. The molecular formula is C8H11N3OS. The van der Waals surface area contributed by atoms with Crippen molar-refractivity contribution in [3.63, 3.8) is 0 Å². The van der Waals surface area contributed by atoms with Crippen LogP contribution in [0.5, 0.6) is 0 Å². The van der Waals surface area contributed by atoms with E-state index in [1.807, 2.05) is 11.8 Å². The summed E-state index contributed by atoms with van der Waals surface area (Å²) in [5.74, 6) is 2.15. The van der Waals surface area contributed by atoms with E-state index < -0.39 is 0 Å².